The van der Waals surface area contributed by atoms with Crippen LogP contribution in [0.15, 0.2) is 73.3 Å². The molecule has 0 fully saturated rings. The van der Waals surface area contributed by atoms with Crippen LogP contribution in [-0.4, -0.2) is 23.0 Å². The molecule has 0 radical (unpaired) electrons. The molecule has 0 N–H and O–H groups in total. The van der Waals surface area contributed by atoms with Crippen LogP contribution >= 0.6 is 0 Å². The second kappa shape index (κ2) is 7.37. The van der Waals surface area contributed by atoms with Gasteiger partial charge in [-0.3, -0.25) is 9.97 Å². The number of carbonyl (C=O) groups is 1. The van der Waals surface area contributed by atoms with Gasteiger partial charge in [-0.1, -0.05) is 12.1 Å². The van der Waals surface area contributed by atoms with Crippen LogP contribution in [-0.2, 0) is 4.74 Å². The van der Waals surface area contributed by atoms with Crippen molar-refractivity contribution in [3.05, 3.63) is 90.0 Å². The van der Waals surface area contributed by atoms with Crippen molar-refractivity contribution in [2.45, 2.75) is 6.10 Å². The molecule has 0 spiro atoms. The molecule has 0 unspecified atom stereocenters. The van der Waals surface area contributed by atoms with Crippen LogP contribution in [0.5, 0.6) is 5.75 Å². The molecule has 0 amide bonds. The lowest BCUT2D eigenvalue weighted by molar-refractivity contribution is 0.0377. The van der Waals surface area contributed by atoms with Gasteiger partial charge in [0.25, 0.3) is 0 Å². The Kier molecular flexibility index (Phi) is 4.81. The molecule has 1 atom stereocenters. The average molecular weight is 320 g/mol. The third-order valence-corrected chi connectivity index (χ3v) is 3.55. The monoisotopic (exact) mass is 320 g/mol. The third kappa shape index (κ3) is 3.57. The van der Waals surface area contributed by atoms with E-state index in [1.54, 1.807) is 44.0 Å². The maximum absolute atomic E-state index is 12.5. The molecule has 0 saturated heterocycles. The molecule has 120 valence electrons. The molecule has 24 heavy (non-hydrogen) atoms. The second-order valence-corrected chi connectivity index (χ2v) is 5.08. The Morgan fingerprint density at radius 3 is 2.25 bits per heavy atom. The summed E-state index contributed by atoms with van der Waals surface area (Å²) in [5, 5.41) is 0. The number of benzene rings is 1. The molecule has 0 saturated carbocycles. The van der Waals surface area contributed by atoms with Gasteiger partial charge in [-0.05, 0) is 36.4 Å². The van der Waals surface area contributed by atoms with E-state index < -0.39 is 12.1 Å². The predicted octanol–water partition coefficient (Wildman–Crippen LogP) is 3.43. The van der Waals surface area contributed by atoms with Crippen molar-refractivity contribution in [1.82, 2.24) is 9.97 Å². The molecule has 2 aromatic heterocycles. The Bertz CT molecular complexity index is 807. The quantitative estimate of drug-likeness (QED) is 0.674. The van der Waals surface area contributed by atoms with E-state index in [1.165, 1.54) is 0 Å². The Morgan fingerprint density at radius 2 is 1.58 bits per heavy atom. The number of esters is 1. The van der Waals surface area contributed by atoms with Gasteiger partial charge in [0.2, 0.25) is 0 Å². The van der Waals surface area contributed by atoms with E-state index in [1.807, 2.05) is 36.4 Å². The molecule has 3 aromatic rings. The lowest BCUT2D eigenvalue weighted by atomic mass is 10.0. The molecule has 0 aliphatic carbocycles. The molecular weight excluding hydrogens is 304 g/mol. The first kappa shape index (κ1) is 15.7. The van der Waals surface area contributed by atoms with Crippen LogP contribution in [0, 0.1) is 0 Å². The summed E-state index contributed by atoms with van der Waals surface area (Å²) in [6.07, 6.45) is 5.90. The Balaban J connectivity index is 1.95. The third-order valence-electron chi connectivity index (χ3n) is 3.55. The highest BCUT2D eigenvalue weighted by Crippen LogP contribution is 2.29. The minimum atomic E-state index is -0.552. The van der Waals surface area contributed by atoms with Gasteiger partial charge in [0.15, 0.2) is 6.10 Å². The summed E-state index contributed by atoms with van der Waals surface area (Å²) in [5.41, 5.74) is 2.11. The van der Waals surface area contributed by atoms with Gasteiger partial charge in [0.05, 0.1) is 12.7 Å². The van der Waals surface area contributed by atoms with E-state index in [9.17, 15) is 4.79 Å². The fourth-order valence-corrected chi connectivity index (χ4v) is 2.33. The van der Waals surface area contributed by atoms with Crippen molar-refractivity contribution in [3.8, 4) is 5.75 Å². The van der Waals surface area contributed by atoms with Gasteiger partial charge >= 0.3 is 5.97 Å². The summed E-state index contributed by atoms with van der Waals surface area (Å²) in [6.45, 7) is 0. The molecule has 0 aliphatic heterocycles. The topological polar surface area (TPSA) is 61.3 Å². The Morgan fingerprint density at radius 1 is 0.917 bits per heavy atom. The number of methoxy groups -OCH3 is 1. The lowest BCUT2D eigenvalue weighted by Crippen LogP contribution is -2.13. The number of rotatable bonds is 5. The first-order valence-corrected chi connectivity index (χ1v) is 7.43. The normalized spacial score (nSPS) is 11.5. The van der Waals surface area contributed by atoms with Crippen LogP contribution in [0.4, 0.5) is 0 Å². The van der Waals surface area contributed by atoms with Crippen LogP contribution in [0.2, 0.25) is 0 Å². The highest BCUT2D eigenvalue weighted by atomic mass is 16.5. The zero-order valence-corrected chi connectivity index (χ0v) is 13.1. The second-order valence-electron chi connectivity index (χ2n) is 5.08. The minimum absolute atomic E-state index is 0.415. The van der Waals surface area contributed by atoms with Gasteiger partial charge in [0.1, 0.15) is 5.75 Å². The fourth-order valence-electron chi connectivity index (χ4n) is 2.33. The van der Waals surface area contributed by atoms with Gasteiger partial charge < -0.3 is 9.47 Å². The van der Waals surface area contributed by atoms with Gasteiger partial charge in [-0.25, -0.2) is 4.79 Å². The van der Waals surface area contributed by atoms with E-state index >= 15 is 0 Å². The maximum Gasteiger partial charge on any atom is 0.339 e. The number of hydrogen-bond acceptors (Lipinski definition) is 5. The average Bonchev–Trinajstić information content (AvgIpc) is 2.67. The molecular formula is C19H16N2O3. The first-order valence-electron chi connectivity index (χ1n) is 7.43. The smallest absolute Gasteiger partial charge is 0.339 e. The van der Waals surface area contributed by atoms with Crippen LogP contribution in [0.3, 0.4) is 0 Å². The largest absolute Gasteiger partial charge is 0.497 e. The van der Waals surface area contributed by atoms with Crippen molar-refractivity contribution in [2.24, 2.45) is 0 Å². The van der Waals surface area contributed by atoms with Crippen LogP contribution < -0.4 is 4.74 Å². The van der Waals surface area contributed by atoms with Crippen molar-refractivity contribution in [1.29, 1.82) is 0 Å². The SMILES string of the molecule is COc1cccc([C@@H](OC(=O)c2ccncc2)c2ccncc2)c1. The highest BCUT2D eigenvalue weighted by molar-refractivity contribution is 5.89. The summed E-state index contributed by atoms with van der Waals surface area (Å²) in [6, 6.07) is 14.3. The van der Waals surface area contributed by atoms with Crippen molar-refractivity contribution >= 4 is 5.97 Å². The van der Waals surface area contributed by atoms with E-state index in [0.29, 0.717) is 11.3 Å². The molecule has 2 heterocycles. The lowest BCUT2D eigenvalue weighted by Gasteiger charge is -2.19. The summed E-state index contributed by atoms with van der Waals surface area (Å²) in [7, 11) is 1.60. The number of carbonyl (C=O) groups excluding carboxylic acids is 1. The molecule has 5 heteroatoms. The molecule has 5 nitrogen and oxygen atoms in total. The van der Waals surface area contributed by atoms with Crippen molar-refractivity contribution < 1.29 is 14.3 Å². The molecule has 0 aliphatic rings. The number of pyridine rings is 2. The van der Waals surface area contributed by atoms with E-state index in [-0.39, 0.29) is 0 Å². The number of ether oxygens (including phenoxy) is 2. The summed E-state index contributed by atoms with van der Waals surface area (Å²) >= 11 is 0. The summed E-state index contributed by atoms with van der Waals surface area (Å²) in [4.78, 5) is 20.4. The van der Waals surface area contributed by atoms with Crippen molar-refractivity contribution in [3.63, 3.8) is 0 Å². The first-order chi connectivity index (χ1) is 11.8. The Hall–Kier alpha value is -3.21. The number of hydrogen-bond donors (Lipinski definition) is 0. The fraction of sp³-hybridized carbons (Fsp3) is 0.105. The zero-order valence-electron chi connectivity index (χ0n) is 13.1. The zero-order chi connectivity index (χ0) is 16.8. The standard InChI is InChI=1S/C19H16N2O3/c1-23-17-4-2-3-16(13-17)18(14-5-9-20-10-6-14)24-19(22)15-7-11-21-12-8-15/h2-13,18H,1H3/t18-/m0/s1. The maximum atomic E-state index is 12.5. The van der Waals surface area contributed by atoms with E-state index in [0.717, 1.165) is 11.1 Å². The van der Waals surface area contributed by atoms with E-state index in [4.69, 9.17) is 9.47 Å². The van der Waals surface area contributed by atoms with Crippen molar-refractivity contribution in [2.75, 3.05) is 7.11 Å². The van der Waals surface area contributed by atoms with E-state index in [2.05, 4.69) is 9.97 Å². The van der Waals surface area contributed by atoms with Crippen LogP contribution in [0.1, 0.15) is 27.6 Å². The molecule has 3 rings (SSSR count). The molecule has 1 aromatic carbocycles. The minimum Gasteiger partial charge on any atom is -0.497 e. The summed E-state index contributed by atoms with van der Waals surface area (Å²) < 4.78 is 11.0. The van der Waals surface area contributed by atoms with Gasteiger partial charge in [-0.15, -0.1) is 0 Å². The Labute approximate surface area is 139 Å². The number of nitrogens with zero attached hydrogens (tertiary/aromatic N) is 2. The summed E-state index contributed by atoms with van der Waals surface area (Å²) in [5.74, 6) is 0.286. The van der Waals surface area contributed by atoms with Gasteiger partial charge in [-0.2, -0.15) is 0 Å². The van der Waals surface area contributed by atoms with Crippen LogP contribution in [0.25, 0.3) is 0 Å². The van der Waals surface area contributed by atoms with Gasteiger partial charge in [0, 0.05) is 35.9 Å². The molecule has 0 bridgehead atoms. The number of aromatic nitrogens is 2. The highest BCUT2D eigenvalue weighted by Gasteiger charge is 2.20. The predicted molar refractivity (Wildman–Crippen MR) is 88.7 cm³/mol.